The van der Waals surface area contributed by atoms with Crippen LogP contribution in [0.25, 0.3) is 0 Å². The van der Waals surface area contributed by atoms with E-state index in [9.17, 15) is 9.59 Å². The smallest absolute Gasteiger partial charge is 0.312 e. The van der Waals surface area contributed by atoms with E-state index in [4.69, 9.17) is 9.47 Å². The van der Waals surface area contributed by atoms with E-state index >= 15 is 0 Å². The van der Waals surface area contributed by atoms with Gasteiger partial charge in [-0.05, 0) is 38.3 Å². The van der Waals surface area contributed by atoms with Gasteiger partial charge in [0.2, 0.25) is 0 Å². The van der Waals surface area contributed by atoms with Gasteiger partial charge in [0.1, 0.15) is 23.4 Å². The Bertz CT molecular complexity index is 882. The van der Waals surface area contributed by atoms with E-state index in [0.29, 0.717) is 6.42 Å². The molecule has 1 fully saturated rings. The number of benzene rings is 2. The molecule has 0 N–H and O–H groups in total. The minimum atomic E-state index is -0.427. The molecule has 0 radical (unpaired) electrons. The molecule has 4 heteroatoms. The van der Waals surface area contributed by atoms with Crippen LogP contribution in [0.1, 0.15) is 63.5 Å². The predicted octanol–water partition coefficient (Wildman–Crippen LogP) is 5.64. The highest BCUT2D eigenvalue weighted by Gasteiger charge is 2.50. The fraction of sp³-hybridized carbons (Fsp3) is 0.440. The van der Waals surface area contributed by atoms with Gasteiger partial charge in [0.25, 0.3) is 0 Å². The Balaban J connectivity index is 1.50. The van der Waals surface area contributed by atoms with Crippen molar-refractivity contribution in [3.8, 4) is 11.5 Å². The number of hydrogen-bond donors (Lipinski definition) is 0. The van der Waals surface area contributed by atoms with E-state index < -0.39 is 6.10 Å². The lowest BCUT2D eigenvalue weighted by molar-refractivity contribution is -0.158. The molecule has 29 heavy (non-hydrogen) atoms. The van der Waals surface area contributed by atoms with Gasteiger partial charge in [-0.3, -0.25) is 9.59 Å². The normalized spacial score (nSPS) is 18.6. The summed E-state index contributed by atoms with van der Waals surface area (Å²) in [6.45, 7) is 5.72. The van der Waals surface area contributed by atoms with Crippen molar-refractivity contribution < 1.29 is 19.1 Å². The number of carbonyl (C=O) groups excluding carboxylic acids is 2. The standard InChI is InChI=1S/C25H28O4/c1-4-25(13-14-25)24(27)28-17(3)16(2)21(26)15-20-18-9-5-7-11-22(18)29-23-12-8-6-10-19(20)23/h5-12,16-17,20H,4,13-15H2,1-3H3. The molecule has 2 aromatic carbocycles. The Morgan fingerprint density at radius 1 is 1.03 bits per heavy atom. The summed E-state index contributed by atoms with van der Waals surface area (Å²) in [6, 6.07) is 15.8. The van der Waals surface area contributed by atoms with Crippen molar-refractivity contribution in [3.05, 3.63) is 59.7 Å². The van der Waals surface area contributed by atoms with Crippen LogP contribution < -0.4 is 4.74 Å². The first-order valence-electron chi connectivity index (χ1n) is 10.5. The highest BCUT2D eigenvalue weighted by Crippen LogP contribution is 2.50. The van der Waals surface area contributed by atoms with Crippen LogP contribution in [0.5, 0.6) is 11.5 Å². The number of ketones is 1. The Morgan fingerprint density at radius 3 is 2.10 bits per heavy atom. The third-order valence-electron chi connectivity index (χ3n) is 6.68. The summed E-state index contributed by atoms with van der Waals surface area (Å²) < 4.78 is 11.7. The van der Waals surface area contributed by atoms with E-state index in [1.165, 1.54) is 0 Å². The van der Waals surface area contributed by atoms with Gasteiger partial charge in [0.05, 0.1) is 11.3 Å². The van der Waals surface area contributed by atoms with Crippen LogP contribution in [0.4, 0.5) is 0 Å². The summed E-state index contributed by atoms with van der Waals surface area (Å²) in [5.41, 5.74) is 1.76. The minimum absolute atomic E-state index is 0.0561. The summed E-state index contributed by atoms with van der Waals surface area (Å²) in [5, 5.41) is 0. The van der Waals surface area contributed by atoms with Gasteiger partial charge in [-0.1, -0.05) is 50.2 Å². The van der Waals surface area contributed by atoms with E-state index in [0.717, 1.165) is 41.9 Å². The van der Waals surface area contributed by atoms with E-state index in [-0.39, 0.29) is 29.0 Å². The van der Waals surface area contributed by atoms with Crippen LogP contribution >= 0.6 is 0 Å². The Labute approximate surface area is 172 Å². The van der Waals surface area contributed by atoms with Crippen LogP contribution in [-0.2, 0) is 14.3 Å². The Morgan fingerprint density at radius 2 is 1.59 bits per heavy atom. The van der Waals surface area contributed by atoms with Crippen LogP contribution in [0.2, 0.25) is 0 Å². The molecule has 0 bridgehead atoms. The fourth-order valence-corrected chi connectivity index (χ4v) is 4.13. The topological polar surface area (TPSA) is 52.6 Å². The van der Waals surface area contributed by atoms with Gasteiger partial charge in [-0.15, -0.1) is 0 Å². The highest BCUT2D eigenvalue weighted by molar-refractivity contribution is 5.84. The average molecular weight is 392 g/mol. The van der Waals surface area contributed by atoms with E-state index in [1.54, 1.807) is 0 Å². The predicted molar refractivity (Wildman–Crippen MR) is 111 cm³/mol. The first-order valence-corrected chi connectivity index (χ1v) is 10.5. The molecule has 1 aliphatic carbocycles. The lowest BCUT2D eigenvalue weighted by atomic mass is 9.82. The zero-order valence-electron chi connectivity index (χ0n) is 17.3. The maximum atomic E-state index is 13.2. The molecule has 4 nitrogen and oxygen atoms in total. The molecule has 2 aliphatic rings. The quantitative estimate of drug-likeness (QED) is 0.572. The summed E-state index contributed by atoms with van der Waals surface area (Å²) in [5.74, 6) is 1.15. The monoisotopic (exact) mass is 392 g/mol. The van der Waals surface area contributed by atoms with Gasteiger partial charge in [-0.25, -0.2) is 0 Å². The second-order valence-electron chi connectivity index (χ2n) is 8.43. The van der Waals surface area contributed by atoms with Crippen molar-refractivity contribution in [2.45, 2.75) is 58.5 Å². The second-order valence-corrected chi connectivity index (χ2v) is 8.43. The molecule has 1 heterocycles. The number of carbonyl (C=O) groups is 2. The molecular formula is C25H28O4. The second kappa shape index (κ2) is 7.66. The lowest BCUT2D eigenvalue weighted by Crippen LogP contribution is -2.32. The molecule has 1 saturated carbocycles. The molecule has 4 rings (SSSR count). The molecule has 0 saturated heterocycles. The molecule has 152 valence electrons. The van der Waals surface area contributed by atoms with Crippen LogP contribution in [0, 0.1) is 11.3 Å². The average Bonchev–Trinajstić information content (AvgIpc) is 3.54. The van der Waals surface area contributed by atoms with Crippen LogP contribution in [0.3, 0.4) is 0 Å². The first kappa shape index (κ1) is 19.7. The molecule has 0 aromatic heterocycles. The van der Waals surface area contributed by atoms with Gasteiger partial charge < -0.3 is 9.47 Å². The third-order valence-corrected chi connectivity index (χ3v) is 6.68. The molecule has 0 spiro atoms. The van der Waals surface area contributed by atoms with Crippen molar-refractivity contribution >= 4 is 11.8 Å². The summed E-state index contributed by atoms with van der Waals surface area (Å²) in [6.07, 6.45) is 2.53. The van der Waals surface area contributed by atoms with Gasteiger partial charge >= 0.3 is 5.97 Å². The maximum absolute atomic E-state index is 13.2. The van der Waals surface area contributed by atoms with Crippen molar-refractivity contribution in [2.75, 3.05) is 0 Å². The number of para-hydroxylation sites is 2. The molecular weight excluding hydrogens is 364 g/mol. The molecule has 2 atom stereocenters. The van der Waals surface area contributed by atoms with E-state index in [2.05, 4.69) is 0 Å². The first-order chi connectivity index (χ1) is 13.9. The maximum Gasteiger partial charge on any atom is 0.312 e. The third kappa shape index (κ3) is 3.68. The number of ether oxygens (including phenoxy) is 2. The molecule has 2 aromatic rings. The van der Waals surface area contributed by atoms with Crippen molar-refractivity contribution in [2.24, 2.45) is 11.3 Å². The number of fused-ring (bicyclic) bond motifs is 2. The number of rotatable bonds is 7. The Kier molecular flexibility index (Phi) is 5.20. The zero-order valence-corrected chi connectivity index (χ0v) is 17.3. The van der Waals surface area contributed by atoms with Gasteiger partial charge in [0.15, 0.2) is 0 Å². The number of Topliss-reactive ketones (excluding diaryl/α,β-unsaturated/α-hetero) is 1. The summed E-state index contributed by atoms with van der Waals surface area (Å²) in [7, 11) is 0. The minimum Gasteiger partial charge on any atom is -0.461 e. The number of esters is 1. The lowest BCUT2D eigenvalue weighted by Gasteiger charge is -2.29. The SMILES string of the molecule is CCC1(C(=O)OC(C)C(C)C(=O)CC2c3ccccc3Oc3ccccc32)CC1. The van der Waals surface area contributed by atoms with Crippen molar-refractivity contribution in [1.82, 2.24) is 0 Å². The largest absolute Gasteiger partial charge is 0.461 e. The number of hydrogen-bond acceptors (Lipinski definition) is 4. The van der Waals surface area contributed by atoms with Crippen LogP contribution in [0.15, 0.2) is 48.5 Å². The molecule has 1 aliphatic heterocycles. The summed E-state index contributed by atoms with van der Waals surface area (Å²) in [4.78, 5) is 25.6. The van der Waals surface area contributed by atoms with Crippen molar-refractivity contribution in [1.29, 1.82) is 0 Å². The van der Waals surface area contributed by atoms with Gasteiger partial charge in [-0.2, -0.15) is 0 Å². The van der Waals surface area contributed by atoms with Crippen LogP contribution in [-0.4, -0.2) is 17.9 Å². The fourth-order valence-electron chi connectivity index (χ4n) is 4.13. The van der Waals surface area contributed by atoms with E-state index in [1.807, 2.05) is 69.3 Å². The van der Waals surface area contributed by atoms with Crippen molar-refractivity contribution in [3.63, 3.8) is 0 Å². The highest BCUT2D eigenvalue weighted by atomic mass is 16.5. The Hall–Kier alpha value is -2.62. The molecule has 2 unspecified atom stereocenters. The zero-order chi connectivity index (χ0) is 20.6. The summed E-state index contributed by atoms with van der Waals surface area (Å²) >= 11 is 0. The molecule has 0 amide bonds. The van der Waals surface area contributed by atoms with Gasteiger partial charge in [0, 0.05) is 23.5 Å².